The molecule has 1 aliphatic rings. The normalized spacial score (nSPS) is 17.6. The van der Waals surface area contributed by atoms with Gasteiger partial charge < -0.3 is 0 Å². The van der Waals surface area contributed by atoms with Gasteiger partial charge in [0.2, 0.25) is 0 Å². The number of allylic oxidation sites excluding steroid dienone is 8. The van der Waals surface area contributed by atoms with E-state index in [1.54, 1.807) is 0 Å². The van der Waals surface area contributed by atoms with Gasteiger partial charge >= 0.3 is 0 Å². The van der Waals surface area contributed by atoms with Crippen molar-refractivity contribution in [1.29, 1.82) is 0 Å². The van der Waals surface area contributed by atoms with E-state index in [1.807, 2.05) is 18.2 Å². The molecule has 1 aliphatic carbocycles. The van der Waals surface area contributed by atoms with Crippen molar-refractivity contribution in [2.45, 2.75) is 12.8 Å². The van der Waals surface area contributed by atoms with Gasteiger partial charge in [-0.25, -0.2) is 0 Å². The van der Waals surface area contributed by atoms with Crippen LogP contribution in [0.1, 0.15) is 12.8 Å². The summed E-state index contributed by atoms with van der Waals surface area (Å²) >= 11 is 0. The number of rotatable bonds is 0. The monoisotopic (exact) mass is 131 g/mol. The van der Waals surface area contributed by atoms with Gasteiger partial charge in [-0.1, -0.05) is 42.5 Å². The number of hydrogen-bond acceptors (Lipinski definition) is 0. The molecule has 51 valence electrons. The maximum absolute atomic E-state index is 3.03. The molecule has 0 bridgehead atoms. The highest BCUT2D eigenvalue weighted by atomic mass is 13.8. The largest absolute Gasteiger partial charge is 0.0844 e. The molecule has 1 radical (unpaired) electrons. The Labute approximate surface area is 62.3 Å². The Hall–Kier alpha value is -1.04. The maximum Gasteiger partial charge on any atom is -0.0166 e. The first-order valence-corrected chi connectivity index (χ1v) is 3.54. The summed E-state index contributed by atoms with van der Waals surface area (Å²) in [6, 6.07) is 0. The molecule has 0 fully saturated rings. The molecule has 0 aromatic carbocycles. The summed E-state index contributed by atoms with van der Waals surface area (Å²) in [5.41, 5.74) is 0. The highest BCUT2D eigenvalue weighted by Gasteiger charge is 1.73. The van der Waals surface area contributed by atoms with Crippen molar-refractivity contribution in [2.75, 3.05) is 0 Å². The van der Waals surface area contributed by atoms with Crippen LogP contribution >= 0.6 is 0 Å². The van der Waals surface area contributed by atoms with E-state index in [9.17, 15) is 0 Å². The van der Waals surface area contributed by atoms with E-state index >= 15 is 0 Å². The van der Waals surface area contributed by atoms with Crippen LogP contribution in [0.3, 0.4) is 0 Å². The highest BCUT2D eigenvalue weighted by molar-refractivity contribution is 5.10. The first-order chi connectivity index (χ1) is 5.00. The minimum absolute atomic E-state index is 1.02. The quantitative estimate of drug-likeness (QED) is 0.443. The van der Waals surface area contributed by atoms with Crippen molar-refractivity contribution in [3.8, 4) is 0 Å². The molecule has 0 spiro atoms. The molecule has 0 heterocycles. The Bertz CT molecular complexity index is 160. The van der Waals surface area contributed by atoms with Gasteiger partial charge in [0.25, 0.3) is 0 Å². The Balaban J connectivity index is 2.51. The number of hydrogen-bond donors (Lipinski definition) is 0. The van der Waals surface area contributed by atoms with E-state index in [-0.39, 0.29) is 0 Å². The van der Waals surface area contributed by atoms with Crippen molar-refractivity contribution >= 4 is 0 Å². The lowest BCUT2D eigenvalue weighted by Crippen LogP contribution is -1.63. The molecule has 0 atom stereocenters. The van der Waals surface area contributed by atoms with Gasteiger partial charge in [0, 0.05) is 0 Å². The van der Waals surface area contributed by atoms with Crippen LogP contribution in [0.2, 0.25) is 0 Å². The van der Waals surface area contributed by atoms with Gasteiger partial charge in [-0.05, 0) is 18.9 Å². The summed E-state index contributed by atoms with van der Waals surface area (Å²) in [6.45, 7) is 0. The second-order valence-electron chi connectivity index (χ2n) is 2.11. The summed E-state index contributed by atoms with van der Waals surface area (Å²) in [7, 11) is 0. The lowest BCUT2D eigenvalue weighted by molar-refractivity contribution is 1.30. The predicted octanol–water partition coefficient (Wildman–Crippen LogP) is 2.81. The van der Waals surface area contributed by atoms with Crippen molar-refractivity contribution < 1.29 is 0 Å². The zero-order valence-electron chi connectivity index (χ0n) is 5.96. The molecule has 0 unspecified atom stereocenters. The molecule has 0 N–H and O–H groups in total. The molecule has 0 amide bonds. The summed E-state index contributed by atoms with van der Waals surface area (Å²) in [5, 5.41) is 0. The molecule has 0 nitrogen and oxygen atoms in total. The van der Waals surface area contributed by atoms with Gasteiger partial charge in [0.05, 0.1) is 0 Å². The predicted molar refractivity (Wildman–Crippen MR) is 44.5 cm³/mol. The second-order valence-corrected chi connectivity index (χ2v) is 2.11. The molecule has 10 heavy (non-hydrogen) atoms. The zero-order valence-corrected chi connectivity index (χ0v) is 5.96. The summed E-state index contributed by atoms with van der Waals surface area (Å²) in [4.78, 5) is 0. The van der Waals surface area contributed by atoms with Crippen LogP contribution in [0.15, 0.2) is 42.5 Å². The average molecular weight is 131 g/mol. The van der Waals surface area contributed by atoms with Gasteiger partial charge in [-0.3, -0.25) is 0 Å². The van der Waals surface area contributed by atoms with E-state index in [0.717, 1.165) is 12.8 Å². The van der Waals surface area contributed by atoms with Crippen molar-refractivity contribution in [2.24, 2.45) is 0 Å². The average Bonchev–Trinajstić information content (AvgIpc) is 2.01. The van der Waals surface area contributed by atoms with Crippen molar-refractivity contribution in [1.82, 2.24) is 0 Å². The van der Waals surface area contributed by atoms with Crippen LogP contribution in [0.25, 0.3) is 0 Å². The smallest absolute Gasteiger partial charge is 0.0166 e. The fourth-order valence-corrected chi connectivity index (χ4v) is 0.743. The van der Waals surface area contributed by atoms with E-state index in [2.05, 4.69) is 30.4 Å². The van der Waals surface area contributed by atoms with E-state index in [4.69, 9.17) is 0 Å². The highest BCUT2D eigenvalue weighted by Crippen LogP contribution is 1.93. The fourth-order valence-electron chi connectivity index (χ4n) is 0.743. The molecule has 0 heteroatoms. The molecular formula is C10H11. The Morgan fingerprint density at radius 2 is 1.70 bits per heavy atom. The van der Waals surface area contributed by atoms with Crippen LogP contribution in [-0.4, -0.2) is 0 Å². The Morgan fingerprint density at radius 1 is 0.900 bits per heavy atom. The van der Waals surface area contributed by atoms with Crippen LogP contribution in [0, 0.1) is 6.08 Å². The summed E-state index contributed by atoms with van der Waals surface area (Å²) < 4.78 is 0. The van der Waals surface area contributed by atoms with Crippen molar-refractivity contribution in [3.63, 3.8) is 0 Å². The molecule has 0 saturated heterocycles. The lowest BCUT2D eigenvalue weighted by Gasteiger charge is -1.83. The Morgan fingerprint density at radius 3 is 2.60 bits per heavy atom. The summed E-state index contributed by atoms with van der Waals surface area (Å²) in [5.74, 6) is 0. The molecule has 0 aliphatic heterocycles. The third kappa shape index (κ3) is 3.08. The molecule has 1 rings (SSSR count). The third-order valence-corrected chi connectivity index (χ3v) is 1.25. The van der Waals surface area contributed by atoms with Crippen molar-refractivity contribution in [3.05, 3.63) is 48.6 Å². The lowest BCUT2D eigenvalue weighted by atomic mass is 10.2. The maximum atomic E-state index is 3.03. The van der Waals surface area contributed by atoms with Gasteiger partial charge in [0.15, 0.2) is 0 Å². The standard InChI is InChI=1S/C10H11/c1-2-4-6-8-10-9-7-5-3-1/h1-3,6-9H,4,10H2. The second kappa shape index (κ2) is 4.80. The van der Waals surface area contributed by atoms with E-state index in [0.29, 0.717) is 0 Å². The molecular weight excluding hydrogens is 120 g/mol. The van der Waals surface area contributed by atoms with Gasteiger partial charge in [-0.15, -0.1) is 0 Å². The van der Waals surface area contributed by atoms with Crippen LogP contribution in [-0.2, 0) is 0 Å². The molecule has 0 aromatic heterocycles. The topological polar surface area (TPSA) is 0 Å². The molecule has 0 saturated carbocycles. The van der Waals surface area contributed by atoms with Gasteiger partial charge in [-0.2, -0.15) is 0 Å². The van der Waals surface area contributed by atoms with E-state index in [1.165, 1.54) is 0 Å². The zero-order chi connectivity index (χ0) is 7.07. The van der Waals surface area contributed by atoms with Gasteiger partial charge in [0.1, 0.15) is 0 Å². The first-order valence-electron chi connectivity index (χ1n) is 3.54. The fraction of sp³-hybridized carbons (Fsp3) is 0.200. The minimum Gasteiger partial charge on any atom is -0.0844 e. The third-order valence-electron chi connectivity index (χ3n) is 1.25. The van der Waals surface area contributed by atoms with E-state index < -0.39 is 0 Å². The van der Waals surface area contributed by atoms with Crippen LogP contribution < -0.4 is 0 Å². The Kier molecular flexibility index (Phi) is 3.40. The summed E-state index contributed by atoms with van der Waals surface area (Å²) in [6.07, 6.45) is 19.5. The first kappa shape index (κ1) is 7.07. The SMILES string of the molecule is [C]1=CC=CCC=CCC=C1. The molecule has 0 aromatic rings. The van der Waals surface area contributed by atoms with Crippen LogP contribution in [0.5, 0.6) is 0 Å². The van der Waals surface area contributed by atoms with Crippen LogP contribution in [0.4, 0.5) is 0 Å². The minimum atomic E-state index is 1.02.